The van der Waals surface area contributed by atoms with Gasteiger partial charge in [-0.15, -0.1) is 0 Å². The predicted molar refractivity (Wildman–Crippen MR) is 298 cm³/mol. The second-order valence-electron chi connectivity index (χ2n) is 20.4. The van der Waals surface area contributed by atoms with Crippen molar-refractivity contribution < 1.29 is 73.8 Å². The van der Waals surface area contributed by atoms with Crippen molar-refractivity contribution in [3.8, 4) is 0 Å². The van der Waals surface area contributed by atoms with Crippen LogP contribution in [0.5, 0.6) is 0 Å². The molecule has 2 rings (SSSR count). The molecule has 0 aromatic heterocycles. The lowest BCUT2D eigenvalue weighted by Gasteiger charge is -2.42. The molecule has 2 aliphatic rings. The number of hydrogen-bond donors (Lipinski definition) is 7. The average Bonchev–Trinajstić information content (AvgIpc) is 3.42. The Morgan fingerprint density at radius 2 is 0.829 bits per heavy atom. The van der Waals surface area contributed by atoms with E-state index in [4.69, 9.17) is 28.4 Å². The van der Waals surface area contributed by atoms with Crippen LogP contribution in [0.2, 0.25) is 0 Å². The number of unbranched alkanes of at least 4 members (excludes halogenated alkanes) is 20. The van der Waals surface area contributed by atoms with E-state index in [0.29, 0.717) is 12.8 Å². The van der Waals surface area contributed by atoms with E-state index in [9.17, 15) is 45.3 Å². The number of ether oxygens (including phenoxy) is 6. The normalized spacial score (nSPS) is 24.9. The molecule has 7 N–H and O–H groups in total. The highest BCUT2D eigenvalue weighted by Crippen LogP contribution is 2.27. The summed E-state index contributed by atoms with van der Waals surface area (Å²) < 4.78 is 33.7. The SMILES string of the molecule is CC/C=C/C/C=C/C/C=C/C/C=C/C/C=C/CCCCCC(=O)OC[C@H](CO[C@H]1O[C@@H](CO[C@H]2O[C@@H](CO)[C@@H](O)C(O)C2O)[C@@H](O)C(O)C1O)OC(=O)CCCCCCCCCCCCC/C=C/CCCCCCCC. The monoisotopic (exact) mass is 1080 g/mol. The Labute approximate surface area is 457 Å². The molecule has 2 saturated heterocycles. The first kappa shape index (κ1) is 69.0. The molecule has 0 bridgehead atoms. The average molecular weight is 1080 g/mol. The molecular weight excluding hydrogens is 973 g/mol. The van der Waals surface area contributed by atoms with Crippen LogP contribution in [0.15, 0.2) is 72.9 Å². The van der Waals surface area contributed by atoms with Gasteiger partial charge in [0.05, 0.1) is 19.8 Å². The summed E-state index contributed by atoms with van der Waals surface area (Å²) in [4.78, 5) is 25.9. The van der Waals surface area contributed by atoms with Crippen molar-refractivity contribution >= 4 is 11.9 Å². The van der Waals surface area contributed by atoms with Crippen LogP contribution in [0, 0.1) is 0 Å². The molecule has 0 spiro atoms. The third kappa shape index (κ3) is 33.4. The summed E-state index contributed by atoms with van der Waals surface area (Å²) in [5, 5.41) is 72.3. The Balaban J connectivity index is 1.76. The highest BCUT2D eigenvalue weighted by Gasteiger charge is 2.47. The third-order valence-electron chi connectivity index (χ3n) is 13.7. The molecule has 0 aromatic carbocycles. The molecule has 0 aliphatic carbocycles. The number of rotatable bonds is 46. The van der Waals surface area contributed by atoms with Gasteiger partial charge in [-0.25, -0.2) is 0 Å². The highest BCUT2D eigenvalue weighted by molar-refractivity contribution is 5.70. The van der Waals surface area contributed by atoms with Crippen molar-refractivity contribution in [2.24, 2.45) is 0 Å². The summed E-state index contributed by atoms with van der Waals surface area (Å²) >= 11 is 0. The zero-order valence-electron chi connectivity index (χ0n) is 46.7. The molecule has 438 valence electrons. The number of carbonyl (C=O) groups excluding carboxylic acids is 2. The third-order valence-corrected chi connectivity index (χ3v) is 13.7. The topological polar surface area (TPSA) is 231 Å². The van der Waals surface area contributed by atoms with Crippen molar-refractivity contribution in [1.29, 1.82) is 0 Å². The summed E-state index contributed by atoms with van der Waals surface area (Å²) in [5.41, 5.74) is 0. The lowest BCUT2D eigenvalue weighted by atomic mass is 9.98. The highest BCUT2D eigenvalue weighted by atomic mass is 16.7. The van der Waals surface area contributed by atoms with Crippen molar-refractivity contribution in [2.45, 2.75) is 274 Å². The minimum absolute atomic E-state index is 0.154. The van der Waals surface area contributed by atoms with E-state index in [0.717, 1.165) is 70.6 Å². The van der Waals surface area contributed by atoms with Crippen molar-refractivity contribution in [3.63, 3.8) is 0 Å². The van der Waals surface area contributed by atoms with Crippen LogP contribution >= 0.6 is 0 Å². The zero-order valence-corrected chi connectivity index (χ0v) is 46.7. The van der Waals surface area contributed by atoms with Gasteiger partial charge in [0.1, 0.15) is 55.4 Å². The second-order valence-corrected chi connectivity index (χ2v) is 20.4. The predicted octanol–water partition coefficient (Wildman–Crippen LogP) is 10.2. The number of aliphatic hydroxyl groups is 7. The van der Waals surface area contributed by atoms with Gasteiger partial charge >= 0.3 is 11.9 Å². The Bertz CT molecular complexity index is 1590. The molecule has 2 aliphatic heterocycles. The van der Waals surface area contributed by atoms with E-state index in [1.54, 1.807) is 0 Å². The first-order chi connectivity index (χ1) is 37.0. The number of carbonyl (C=O) groups is 2. The maximum Gasteiger partial charge on any atom is 0.306 e. The van der Waals surface area contributed by atoms with Crippen LogP contribution in [-0.4, -0.2) is 142 Å². The minimum atomic E-state index is -1.77. The summed E-state index contributed by atoms with van der Waals surface area (Å²) in [5.74, 6) is -0.963. The first-order valence-corrected chi connectivity index (χ1v) is 29.5. The Kier molecular flexibility index (Phi) is 42.5. The van der Waals surface area contributed by atoms with Crippen LogP contribution < -0.4 is 0 Å². The molecule has 0 amide bonds. The second kappa shape index (κ2) is 46.8. The van der Waals surface area contributed by atoms with Crippen LogP contribution in [0.25, 0.3) is 0 Å². The quantitative estimate of drug-likeness (QED) is 0.0171. The number of esters is 2. The number of allylic oxidation sites excluding steroid dienone is 12. The maximum atomic E-state index is 13.1. The molecular formula is C61H104O15. The lowest BCUT2D eigenvalue weighted by Crippen LogP contribution is -2.61. The Morgan fingerprint density at radius 3 is 1.33 bits per heavy atom. The van der Waals surface area contributed by atoms with Crippen LogP contribution in [-0.2, 0) is 38.0 Å². The van der Waals surface area contributed by atoms with Crippen molar-refractivity contribution in [1.82, 2.24) is 0 Å². The molecule has 2 fully saturated rings. The minimum Gasteiger partial charge on any atom is -0.462 e. The molecule has 15 heteroatoms. The van der Waals surface area contributed by atoms with Crippen molar-refractivity contribution in [3.05, 3.63) is 72.9 Å². The van der Waals surface area contributed by atoms with Crippen LogP contribution in [0.4, 0.5) is 0 Å². The summed E-state index contributed by atoms with van der Waals surface area (Å²) in [6, 6.07) is 0. The molecule has 11 atom stereocenters. The van der Waals surface area contributed by atoms with E-state index in [1.165, 1.54) is 96.3 Å². The Morgan fingerprint density at radius 1 is 0.434 bits per heavy atom. The van der Waals surface area contributed by atoms with Crippen molar-refractivity contribution in [2.75, 3.05) is 26.4 Å². The fraction of sp³-hybridized carbons (Fsp3) is 0.770. The van der Waals surface area contributed by atoms with Crippen LogP contribution in [0.1, 0.15) is 206 Å². The first-order valence-electron chi connectivity index (χ1n) is 29.5. The van der Waals surface area contributed by atoms with Gasteiger partial charge in [0.15, 0.2) is 18.7 Å². The van der Waals surface area contributed by atoms with E-state index in [2.05, 4.69) is 86.8 Å². The molecule has 0 aromatic rings. The molecule has 15 nitrogen and oxygen atoms in total. The molecule has 76 heavy (non-hydrogen) atoms. The molecule has 4 unspecified atom stereocenters. The summed E-state index contributed by atoms with van der Waals surface area (Å²) in [6.07, 6.45) is 40.6. The molecule has 0 radical (unpaired) electrons. The molecule has 0 saturated carbocycles. The van der Waals surface area contributed by atoms with E-state index < -0.39 is 99.3 Å². The van der Waals surface area contributed by atoms with Gasteiger partial charge in [-0.1, -0.05) is 183 Å². The van der Waals surface area contributed by atoms with Crippen LogP contribution in [0.3, 0.4) is 0 Å². The van der Waals surface area contributed by atoms with E-state index in [1.807, 2.05) is 0 Å². The van der Waals surface area contributed by atoms with Gasteiger partial charge in [-0.05, 0) is 83.5 Å². The zero-order chi connectivity index (χ0) is 55.3. The maximum absolute atomic E-state index is 13.1. The van der Waals surface area contributed by atoms with Gasteiger partial charge in [0.2, 0.25) is 0 Å². The molecule has 2 heterocycles. The summed E-state index contributed by atoms with van der Waals surface area (Å²) in [6.45, 7) is 2.46. The fourth-order valence-corrected chi connectivity index (χ4v) is 8.89. The van der Waals surface area contributed by atoms with Gasteiger partial charge in [0, 0.05) is 12.8 Å². The standard InChI is InChI=1S/C61H104O15/c1-3-5-7-9-11-13-15-17-19-21-23-24-26-28-30-32-34-36-38-40-42-44-53(64)74-49(46-71-52(63)43-41-39-37-35-33-31-29-27-25-22-20-18-16-14-12-10-8-6-4-2)47-72-60-59(70)57(68)55(66)51(76-60)48-73-61-58(69)56(67)54(65)50(45-62)75-61/h6,8,12,14,17-20,25,27,31,33,49-51,54-62,65-70H,3-5,7,9-11,13,15-16,21-24,26,28-30,32,34-48H2,1-2H3/b8-6+,14-12+,19-17+,20-18+,27-25+,33-31+/t49-,50+,51+,54-,55-,56?,57?,58?,59?,60+,61+/m1/s1. The van der Waals surface area contributed by atoms with E-state index in [-0.39, 0.29) is 19.4 Å². The fourth-order valence-electron chi connectivity index (χ4n) is 8.89. The van der Waals surface area contributed by atoms with E-state index >= 15 is 0 Å². The number of aliphatic hydroxyl groups excluding tert-OH is 7. The van der Waals surface area contributed by atoms with Gasteiger partial charge in [-0.2, -0.15) is 0 Å². The lowest BCUT2D eigenvalue weighted by molar-refractivity contribution is -0.332. The van der Waals surface area contributed by atoms with Gasteiger partial charge < -0.3 is 64.2 Å². The smallest absolute Gasteiger partial charge is 0.306 e. The van der Waals surface area contributed by atoms with Gasteiger partial charge in [-0.3, -0.25) is 9.59 Å². The Hall–Kier alpha value is -3.06. The summed E-state index contributed by atoms with van der Waals surface area (Å²) in [7, 11) is 0. The largest absolute Gasteiger partial charge is 0.462 e. The number of hydrogen-bond acceptors (Lipinski definition) is 15. The van der Waals surface area contributed by atoms with Gasteiger partial charge in [0.25, 0.3) is 0 Å².